The maximum absolute atomic E-state index is 10.5. The quantitative estimate of drug-likeness (QED) is 0.519. The Morgan fingerprint density at radius 2 is 1.94 bits per heavy atom. The van der Waals surface area contributed by atoms with Crippen LogP contribution in [0.25, 0.3) is 0 Å². The van der Waals surface area contributed by atoms with Crippen molar-refractivity contribution < 1.29 is 43.8 Å². The fourth-order valence-corrected chi connectivity index (χ4v) is 1.45. The third-order valence-corrected chi connectivity index (χ3v) is 2.28. The number of carbonyl (C=O) groups is 1. The van der Waals surface area contributed by atoms with E-state index in [1.807, 2.05) is 18.2 Å². The number of nitrogens with one attached hydrogen (secondary N) is 1. The molecule has 0 heterocycles. The topological polar surface area (TPSA) is 47.6 Å². The smallest absolute Gasteiger partial charge is 0.719 e. The number of ether oxygens (including phenoxy) is 2. The fourth-order valence-electron chi connectivity index (χ4n) is 1.35. The average molecular weight is 263 g/mol. The van der Waals surface area contributed by atoms with E-state index in [-0.39, 0.29) is 29.6 Å². The summed E-state index contributed by atoms with van der Waals surface area (Å²) < 4.78 is 10.3. The largest absolute Gasteiger partial charge is 1.00 e. The minimum Gasteiger partial charge on any atom is -0.719 e. The predicted molar refractivity (Wildman–Crippen MR) is 64.0 cm³/mol. The van der Waals surface area contributed by atoms with Gasteiger partial charge in [0, 0.05) is 6.54 Å². The van der Waals surface area contributed by atoms with E-state index in [0.29, 0.717) is 24.5 Å². The van der Waals surface area contributed by atoms with Gasteiger partial charge in [-0.3, -0.25) is 0 Å². The first-order valence-corrected chi connectivity index (χ1v) is 5.24. The van der Waals surface area contributed by atoms with E-state index < -0.39 is 5.24 Å². The Balaban J connectivity index is 0.00000256. The third kappa shape index (κ3) is 5.59. The van der Waals surface area contributed by atoms with Crippen LogP contribution in [-0.2, 0) is 19.0 Å². The summed E-state index contributed by atoms with van der Waals surface area (Å²) in [5.74, 6) is 1.38. The maximum Gasteiger partial charge on any atom is 1.00 e. The average Bonchev–Trinajstić information content (AvgIpc) is 2.28. The Kier molecular flexibility index (Phi) is 8.33. The molecule has 0 saturated heterocycles. The molecular weight excluding hydrogens is 249 g/mol. The zero-order valence-corrected chi connectivity index (χ0v) is 13.1. The Morgan fingerprint density at radius 1 is 1.29 bits per heavy atom. The van der Waals surface area contributed by atoms with E-state index in [4.69, 9.17) is 9.47 Å². The van der Waals surface area contributed by atoms with Crippen LogP contribution in [-0.4, -0.2) is 26.0 Å². The fraction of sp³-hybridized carbons (Fsp3) is 0.364. The van der Waals surface area contributed by atoms with E-state index >= 15 is 0 Å². The zero-order chi connectivity index (χ0) is 12.0. The summed E-state index contributed by atoms with van der Waals surface area (Å²) in [6.07, 6.45) is 0.711. The van der Waals surface area contributed by atoms with Crippen molar-refractivity contribution in [2.45, 2.75) is 6.42 Å². The van der Waals surface area contributed by atoms with Crippen molar-refractivity contribution in [3.63, 3.8) is 0 Å². The number of hydrogen-bond acceptors (Lipinski definition) is 4. The molecule has 1 amide bonds. The summed E-state index contributed by atoms with van der Waals surface area (Å²) in [5, 5.41) is 2.13. The molecule has 1 N–H and O–H groups in total. The molecule has 0 spiro atoms. The molecule has 1 rings (SSSR count). The van der Waals surface area contributed by atoms with Gasteiger partial charge >= 0.3 is 29.6 Å². The van der Waals surface area contributed by atoms with Crippen LogP contribution in [0.2, 0.25) is 0 Å². The molecule has 6 heteroatoms. The van der Waals surface area contributed by atoms with Gasteiger partial charge in [-0.25, -0.2) is 0 Å². The van der Waals surface area contributed by atoms with Gasteiger partial charge in [0.2, 0.25) is 0 Å². The standard InChI is InChI=1S/C11H15NO3S.Na/c1-14-9-4-3-8(7-10(9)15-2)5-6-12-11(13)16;/h3-4,7H,5-6H2,1-2H3,(H2,12,13,16);/q;+1/p-1. The van der Waals surface area contributed by atoms with Crippen molar-refractivity contribution in [2.75, 3.05) is 20.8 Å². The van der Waals surface area contributed by atoms with Gasteiger partial charge in [-0.15, -0.1) is 0 Å². The second-order valence-corrected chi connectivity index (χ2v) is 3.52. The van der Waals surface area contributed by atoms with Crippen LogP contribution in [0, 0.1) is 0 Å². The Morgan fingerprint density at radius 3 is 2.47 bits per heavy atom. The molecule has 17 heavy (non-hydrogen) atoms. The van der Waals surface area contributed by atoms with Gasteiger partial charge in [-0.2, -0.15) is 0 Å². The van der Waals surface area contributed by atoms with Crippen molar-refractivity contribution >= 4 is 17.9 Å². The number of amides is 1. The molecule has 0 bridgehead atoms. The molecule has 4 nitrogen and oxygen atoms in total. The summed E-state index contributed by atoms with van der Waals surface area (Å²) in [7, 11) is 3.18. The molecule has 0 unspecified atom stereocenters. The Bertz CT molecular complexity index is 374. The molecule has 0 fully saturated rings. The van der Waals surface area contributed by atoms with Crippen LogP contribution >= 0.6 is 0 Å². The SMILES string of the molecule is COc1ccc(CCNC(=O)[S-])cc1OC.[Na+]. The Labute approximate surface area is 129 Å². The van der Waals surface area contributed by atoms with E-state index in [9.17, 15) is 4.79 Å². The van der Waals surface area contributed by atoms with Crippen molar-refractivity contribution in [3.05, 3.63) is 23.8 Å². The molecule has 0 aromatic heterocycles. The van der Waals surface area contributed by atoms with Crippen LogP contribution in [0.1, 0.15) is 5.56 Å². The number of methoxy groups -OCH3 is 2. The number of hydrogen-bond donors (Lipinski definition) is 1. The first-order chi connectivity index (χ1) is 7.67. The second-order valence-electron chi connectivity index (χ2n) is 3.15. The maximum atomic E-state index is 10.5. The van der Waals surface area contributed by atoms with E-state index in [0.717, 1.165) is 5.56 Å². The molecule has 88 valence electrons. The van der Waals surface area contributed by atoms with Crippen LogP contribution in [0.15, 0.2) is 18.2 Å². The molecular formula is C11H14NNaO3S. The first kappa shape index (κ1) is 16.5. The van der Waals surface area contributed by atoms with E-state index in [1.54, 1.807) is 14.2 Å². The number of carbonyl (C=O) groups excluding carboxylic acids is 1. The first-order valence-electron chi connectivity index (χ1n) is 4.83. The zero-order valence-electron chi connectivity index (χ0n) is 10.3. The normalized spacial score (nSPS) is 9.06. The molecule has 0 saturated carbocycles. The van der Waals surface area contributed by atoms with Gasteiger partial charge in [0.1, 0.15) is 0 Å². The summed E-state index contributed by atoms with van der Waals surface area (Å²) in [6.45, 7) is 0.526. The van der Waals surface area contributed by atoms with Gasteiger partial charge in [-0.1, -0.05) is 6.07 Å². The van der Waals surface area contributed by atoms with Crippen molar-refractivity contribution in [2.24, 2.45) is 0 Å². The number of rotatable bonds is 5. The molecule has 0 atom stereocenters. The van der Waals surface area contributed by atoms with E-state index in [2.05, 4.69) is 17.9 Å². The van der Waals surface area contributed by atoms with Gasteiger partial charge in [0.25, 0.3) is 0 Å². The molecule has 0 aliphatic rings. The molecule has 0 aliphatic heterocycles. The van der Waals surface area contributed by atoms with Crippen molar-refractivity contribution in [1.82, 2.24) is 5.32 Å². The minimum atomic E-state index is -0.430. The summed E-state index contributed by atoms with van der Waals surface area (Å²) in [5.41, 5.74) is 1.06. The predicted octanol–water partition coefficient (Wildman–Crippen LogP) is -1.49. The Hall–Kier alpha value is -0.490. The summed E-state index contributed by atoms with van der Waals surface area (Å²) in [6, 6.07) is 5.65. The van der Waals surface area contributed by atoms with Crippen molar-refractivity contribution in [3.8, 4) is 11.5 Å². The molecule has 1 aromatic carbocycles. The van der Waals surface area contributed by atoms with Crippen molar-refractivity contribution in [1.29, 1.82) is 0 Å². The minimum absolute atomic E-state index is 0. The van der Waals surface area contributed by atoms with Crippen LogP contribution in [0.4, 0.5) is 4.79 Å². The number of benzene rings is 1. The van der Waals surface area contributed by atoms with E-state index in [1.165, 1.54) is 0 Å². The van der Waals surface area contributed by atoms with Crippen LogP contribution in [0.5, 0.6) is 11.5 Å². The van der Waals surface area contributed by atoms with Gasteiger partial charge < -0.3 is 32.2 Å². The van der Waals surface area contributed by atoms with Crippen LogP contribution in [0.3, 0.4) is 0 Å². The summed E-state index contributed by atoms with van der Waals surface area (Å²) >= 11 is 4.39. The molecule has 1 aromatic rings. The van der Waals surface area contributed by atoms with Gasteiger partial charge in [-0.05, 0) is 24.1 Å². The second kappa shape index (κ2) is 8.58. The van der Waals surface area contributed by atoms with Crippen LogP contribution < -0.4 is 44.3 Å². The molecule has 0 aliphatic carbocycles. The monoisotopic (exact) mass is 263 g/mol. The van der Waals surface area contributed by atoms with Gasteiger partial charge in [0.05, 0.1) is 19.5 Å². The molecule has 0 radical (unpaired) electrons. The van der Waals surface area contributed by atoms with Gasteiger partial charge in [0.15, 0.2) is 11.5 Å². The third-order valence-electron chi connectivity index (χ3n) is 2.13. The summed E-state index contributed by atoms with van der Waals surface area (Å²) in [4.78, 5) is 10.5.